The maximum atomic E-state index is 12.6. The number of alkyl halides is 3. The van der Waals surface area contributed by atoms with E-state index >= 15 is 0 Å². The van der Waals surface area contributed by atoms with E-state index in [1.54, 1.807) is 18.2 Å². The second-order valence-corrected chi connectivity index (χ2v) is 4.57. The lowest BCUT2D eigenvalue weighted by atomic mass is 10.0. The minimum atomic E-state index is -4.33. The molecule has 0 unspecified atom stereocenters. The van der Waals surface area contributed by atoms with E-state index in [2.05, 4.69) is 9.97 Å². The molecule has 0 N–H and O–H groups in total. The molecule has 21 heavy (non-hydrogen) atoms. The molecule has 0 atom stereocenters. The van der Waals surface area contributed by atoms with Crippen LogP contribution in [0.2, 0.25) is 0 Å². The Hall–Kier alpha value is -2.43. The smallest absolute Gasteiger partial charge is 0.240 e. The third-order valence-electron chi connectivity index (χ3n) is 3.21. The van der Waals surface area contributed by atoms with E-state index in [-0.39, 0.29) is 0 Å². The van der Waals surface area contributed by atoms with Gasteiger partial charge in [-0.25, -0.2) is 9.97 Å². The third kappa shape index (κ3) is 2.59. The quantitative estimate of drug-likeness (QED) is 0.663. The molecule has 0 aliphatic carbocycles. The molecule has 0 amide bonds. The lowest BCUT2D eigenvalue weighted by Gasteiger charge is -2.08. The van der Waals surface area contributed by atoms with Gasteiger partial charge in [-0.15, -0.1) is 0 Å². The first kappa shape index (κ1) is 13.5. The lowest BCUT2D eigenvalue weighted by molar-refractivity contribution is -0.137. The largest absolute Gasteiger partial charge is 0.416 e. The minimum Gasteiger partial charge on any atom is -0.240 e. The summed E-state index contributed by atoms with van der Waals surface area (Å²) in [5.41, 5.74) is 1.80. The van der Waals surface area contributed by atoms with E-state index in [0.717, 1.165) is 17.7 Å². The van der Waals surface area contributed by atoms with Crippen molar-refractivity contribution in [2.75, 3.05) is 0 Å². The number of nitrogens with zero attached hydrogens (tertiary/aromatic N) is 2. The van der Waals surface area contributed by atoms with Crippen LogP contribution in [0.4, 0.5) is 13.2 Å². The molecular weight excluding hydrogens is 277 g/mol. The van der Waals surface area contributed by atoms with E-state index in [1.165, 1.54) is 18.5 Å². The Kier molecular flexibility index (Phi) is 3.12. The van der Waals surface area contributed by atoms with E-state index in [9.17, 15) is 13.2 Å². The first-order chi connectivity index (χ1) is 9.95. The lowest BCUT2D eigenvalue weighted by Crippen LogP contribution is -2.03. The number of rotatable bonds is 1. The van der Waals surface area contributed by atoms with Gasteiger partial charge < -0.3 is 0 Å². The molecule has 0 fully saturated rings. The van der Waals surface area contributed by atoms with Gasteiger partial charge in [0, 0.05) is 12.3 Å². The summed E-state index contributed by atoms with van der Waals surface area (Å²) in [6.45, 7) is 5.78. The van der Waals surface area contributed by atoms with Crippen molar-refractivity contribution in [3.63, 3.8) is 0 Å². The summed E-state index contributed by atoms with van der Waals surface area (Å²) in [6.07, 6.45) is -2.96. The zero-order valence-electron chi connectivity index (χ0n) is 10.7. The van der Waals surface area contributed by atoms with Crippen molar-refractivity contribution in [3.05, 3.63) is 67.0 Å². The predicted octanol–water partition coefficient (Wildman–Crippen LogP) is 4.37. The Morgan fingerprint density at radius 1 is 0.857 bits per heavy atom. The summed E-state index contributed by atoms with van der Waals surface area (Å²) in [7, 11) is 0. The Bertz CT molecular complexity index is 793. The second-order valence-electron chi connectivity index (χ2n) is 4.57. The molecule has 104 valence electrons. The van der Waals surface area contributed by atoms with Gasteiger partial charge in [-0.2, -0.15) is 13.2 Å². The Balaban J connectivity index is 2.06. The van der Waals surface area contributed by atoms with E-state index < -0.39 is 11.7 Å². The molecule has 2 aromatic carbocycles. The molecule has 0 saturated heterocycles. The first-order valence-electron chi connectivity index (χ1n) is 6.13. The Morgan fingerprint density at radius 3 is 2.19 bits per heavy atom. The van der Waals surface area contributed by atoms with Crippen LogP contribution in [0.15, 0.2) is 48.8 Å². The van der Waals surface area contributed by atoms with Crippen LogP contribution in [0.25, 0.3) is 22.0 Å². The maximum Gasteiger partial charge on any atom is 0.416 e. The minimum absolute atomic E-state index is 0.341. The van der Waals surface area contributed by atoms with Gasteiger partial charge >= 0.3 is 6.18 Å². The SMILES string of the molecule is [CH]c1ncnc2ccc(-c3ccc(C(F)(F)F)cc3)cc12. The molecule has 1 aromatic heterocycles. The maximum absolute atomic E-state index is 12.6. The average Bonchev–Trinajstić information content (AvgIpc) is 2.47. The normalized spacial score (nSPS) is 11.8. The summed E-state index contributed by atoms with van der Waals surface area (Å²) in [6, 6.07) is 10.3. The van der Waals surface area contributed by atoms with Crippen molar-refractivity contribution in [3.8, 4) is 11.1 Å². The number of hydrogen-bond acceptors (Lipinski definition) is 2. The highest BCUT2D eigenvalue weighted by Gasteiger charge is 2.29. The molecule has 0 spiro atoms. The fourth-order valence-corrected chi connectivity index (χ4v) is 2.11. The molecular formula is C16H9F3N2. The highest BCUT2D eigenvalue weighted by molar-refractivity contribution is 5.86. The first-order valence-corrected chi connectivity index (χ1v) is 6.13. The van der Waals surface area contributed by atoms with Gasteiger partial charge in [0.25, 0.3) is 0 Å². The van der Waals surface area contributed by atoms with Crippen LogP contribution in [0.1, 0.15) is 11.3 Å². The summed E-state index contributed by atoms with van der Waals surface area (Å²) in [5, 5.41) is 0.676. The van der Waals surface area contributed by atoms with Crippen molar-refractivity contribution >= 4 is 10.9 Å². The highest BCUT2D eigenvalue weighted by atomic mass is 19.4. The molecule has 5 heteroatoms. The van der Waals surface area contributed by atoms with Gasteiger partial charge in [0.1, 0.15) is 6.33 Å². The Morgan fingerprint density at radius 2 is 1.52 bits per heavy atom. The molecule has 0 bridgehead atoms. The average molecular weight is 286 g/mol. The van der Waals surface area contributed by atoms with Crippen LogP contribution in [-0.2, 0) is 6.18 Å². The van der Waals surface area contributed by atoms with Crippen LogP contribution in [0, 0.1) is 6.92 Å². The zero-order valence-corrected chi connectivity index (χ0v) is 10.7. The Labute approximate surface area is 119 Å². The topological polar surface area (TPSA) is 25.8 Å². The molecule has 3 aromatic rings. The molecule has 1 heterocycles. The summed E-state index contributed by atoms with van der Waals surface area (Å²) < 4.78 is 37.7. The monoisotopic (exact) mass is 286 g/mol. The highest BCUT2D eigenvalue weighted by Crippen LogP contribution is 2.31. The molecule has 3 rings (SSSR count). The van der Waals surface area contributed by atoms with Crippen molar-refractivity contribution < 1.29 is 13.2 Å². The predicted molar refractivity (Wildman–Crippen MR) is 73.4 cm³/mol. The van der Waals surface area contributed by atoms with Gasteiger partial charge in [-0.05, 0) is 35.4 Å². The van der Waals surface area contributed by atoms with E-state index in [0.29, 0.717) is 22.2 Å². The van der Waals surface area contributed by atoms with Gasteiger partial charge in [0.05, 0.1) is 16.8 Å². The third-order valence-corrected chi connectivity index (χ3v) is 3.21. The van der Waals surface area contributed by atoms with Crippen LogP contribution in [0.3, 0.4) is 0 Å². The van der Waals surface area contributed by atoms with Gasteiger partial charge in [-0.1, -0.05) is 18.2 Å². The molecule has 0 aliphatic rings. The van der Waals surface area contributed by atoms with Gasteiger partial charge in [-0.3, -0.25) is 0 Å². The summed E-state index contributed by atoms with van der Waals surface area (Å²) >= 11 is 0. The fraction of sp³-hybridized carbons (Fsp3) is 0.0625. The van der Waals surface area contributed by atoms with Crippen molar-refractivity contribution in [1.82, 2.24) is 9.97 Å². The van der Waals surface area contributed by atoms with Crippen molar-refractivity contribution in [1.29, 1.82) is 0 Å². The van der Waals surface area contributed by atoms with Gasteiger partial charge in [0.2, 0.25) is 0 Å². The van der Waals surface area contributed by atoms with Crippen LogP contribution in [-0.4, -0.2) is 9.97 Å². The number of aromatic nitrogens is 2. The fourth-order valence-electron chi connectivity index (χ4n) is 2.11. The number of fused-ring (bicyclic) bond motifs is 1. The zero-order chi connectivity index (χ0) is 15.0. The van der Waals surface area contributed by atoms with Crippen LogP contribution in [0.5, 0.6) is 0 Å². The standard InChI is InChI=1S/C16H9F3N2/c1-10-14-8-12(4-7-15(14)21-9-20-10)11-2-5-13(6-3-11)16(17,18)19/h1-9H. The molecule has 2 nitrogen and oxygen atoms in total. The molecule has 0 aliphatic heterocycles. The summed E-state index contributed by atoms with van der Waals surface area (Å²) in [4.78, 5) is 7.99. The summed E-state index contributed by atoms with van der Waals surface area (Å²) in [5.74, 6) is 0. The van der Waals surface area contributed by atoms with Gasteiger partial charge in [0.15, 0.2) is 0 Å². The van der Waals surface area contributed by atoms with Crippen LogP contribution < -0.4 is 0 Å². The molecule has 2 radical (unpaired) electrons. The number of halogens is 3. The second kappa shape index (κ2) is 4.84. The van der Waals surface area contributed by atoms with Crippen molar-refractivity contribution in [2.45, 2.75) is 6.18 Å². The number of hydrogen-bond donors (Lipinski definition) is 0. The van der Waals surface area contributed by atoms with Crippen LogP contribution >= 0.6 is 0 Å². The molecule has 0 saturated carbocycles. The van der Waals surface area contributed by atoms with E-state index in [4.69, 9.17) is 6.92 Å². The van der Waals surface area contributed by atoms with Crippen molar-refractivity contribution in [2.24, 2.45) is 0 Å². The van der Waals surface area contributed by atoms with E-state index in [1.807, 2.05) is 0 Å². The number of benzene rings is 2.